The van der Waals surface area contributed by atoms with E-state index < -0.39 is 0 Å². The minimum atomic E-state index is -0.143. The number of hydrogen-bond acceptors (Lipinski definition) is 4. The van der Waals surface area contributed by atoms with Gasteiger partial charge in [0.25, 0.3) is 6.33 Å². The second-order valence-corrected chi connectivity index (χ2v) is 24.4. The zero-order valence-electron chi connectivity index (χ0n) is 48.5. The van der Waals surface area contributed by atoms with Gasteiger partial charge in [0.15, 0.2) is 5.82 Å². The molecule has 7 nitrogen and oxygen atoms in total. The number of benzene rings is 8. The van der Waals surface area contributed by atoms with E-state index in [1.165, 1.54) is 16.7 Å². The monoisotopic (exact) mass is 1250 g/mol. The third kappa shape index (κ3) is 10.8. The summed E-state index contributed by atoms with van der Waals surface area (Å²) < 4.78 is 13.2. The molecule has 4 aromatic heterocycles. The van der Waals surface area contributed by atoms with Gasteiger partial charge in [-0.05, 0) is 132 Å². The van der Waals surface area contributed by atoms with Gasteiger partial charge in [-0.1, -0.05) is 226 Å². The van der Waals surface area contributed by atoms with Crippen molar-refractivity contribution in [1.29, 1.82) is 0 Å². The number of aromatic nitrogens is 6. The Labute approximate surface area is 497 Å². The smallest absolute Gasteiger partial charge is 0.273 e. The van der Waals surface area contributed by atoms with E-state index >= 15 is 0 Å². The van der Waals surface area contributed by atoms with Crippen LogP contribution in [0.2, 0.25) is 0 Å². The van der Waals surface area contributed by atoms with Crippen LogP contribution in [0, 0.1) is 32.3 Å². The summed E-state index contributed by atoms with van der Waals surface area (Å²) in [5, 5.41) is 7.77. The van der Waals surface area contributed by atoms with Gasteiger partial charge in [0.1, 0.15) is 5.82 Å². The molecule has 0 radical (unpaired) electrons. The van der Waals surface area contributed by atoms with Gasteiger partial charge >= 0.3 is 0 Å². The summed E-state index contributed by atoms with van der Waals surface area (Å²) >= 11 is 0. The van der Waals surface area contributed by atoms with E-state index in [9.17, 15) is 0 Å². The Morgan fingerprint density at radius 3 is 1.67 bits per heavy atom. The molecule has 0 atom stereocenters. The molecule has 8 heteroatoms. The third-order valence-electron chi connectivity index (χ3n) is 15.4. The van der Waals surface area contributed by atoms with Crippen molar-refractivity contribution in [2.75, 3.05) is 0 Å². The number of rotatable bonds is 10. The molecule has 0 fully saturated rings. The SMILES string of the molecule is Cc1cccc(C)c1-c1cc(Oc2[c-]c3c(cc2)c2cc(-c4ccccc4)ccc2n3-c2cc(C(C)(C)C)ccn2)[c-]c(-n2[c-][n+](-c3cc(C(C)(C)C)cc(C(C)(C)C)c3)nc2-c2c(-c3ccccc3)cccc2-c2ccccc2)n1.[Pt]. The van der Waals surface area contributed by atoms with Crippen LogP contribution in [0.15, 0.2) is 200 Å². The van der Waals surface area contributed by atoms with Gasteiger partial charge in [0, 0.05) is 44.1 Å². The fourth-order valence-electron chi connectivity index (χ4n) is 10.9. The fourth-order valence-corrected chi connectivity index (χ4v) is 10.9. The molecular weight excluding hydrogens is 1180 g/mol. The van der Waals surface area contributed by atoms with Crippen molar-refractivity contribution in [2.45, 2.75) is 92.4 Å². The van der Waals surface area contributed by atoms with Crippen molar-refractivity contribution in [1.82, 2.24) is 24.2 Å². The number of aryl methyl sites for hydroxylation is 2. The molecule has 0 amide bonds. The first-order valence-corrected chi connectivity index (χ1v) is 27.9. The number of hydrogen-bond donors (Lipinski definition) is 0. The standard InChI is InChI=1S/C74H66N6O.Pt/c1-48-23-21-24-49(2)69(48)64-44-59(81-58-34-35-62-63-39-53(50-25-15-12-16-26-50)33-36-65(63)80(66(62)45-58)67-43-54(37-38-75-67)72(3,4)5)46-68(76-64)78-47-79(57-41-55(73(6,7)8)40-56(42-57)74(9,10)11)77-71(78)70-60(51-27-17-13-18-28-51)31-22-32-61(70)52-29-19-14-20-30-52;/h12-44H,1-11H3;/q-2;. The molecule has 0 aliphatic carbocycles. The second kappa shape index (κ2) is 21.8. The van der Waals surface area contributed by atoms with Crippen LogP contribution in [-0.4, -0.2) is 24.2 Å². The Morgan fingerprint density at radius 1 is 0.488 bits per heavy atom. The average Bonchev–Trinajstić information content (AvgIpc) is 4.14. The topological polar surface area (TPSA) is 61.6 Å². The number of fused-ring (bicyclic) bond motifs is 3. The minimum Gasteiger partial charge on any atom is -0.522 e. The molecule has 0 aliphatic rings. The molecule has 82 heavy (non-hydrogen) atoms. The number of nitrogens with zero attached hydrogens (tertiary/aromatic N) is 6. The van der Waals surface area contributed by atoms with E-state index in [4.69, 9.17) is 19.8 Å². The first-order valence-electron chi connectivity index (χ1n) is 27.9. The van der Waals surface area contributed by atoms with Crippen LogP contribution in [0.3, 0.4) is 0 Å². The maximum absolute atomic E-state index is 7.14. The zero-order chi connectivity index (χ0) is 56.4. The van der Waals surface area contributed by atoms with Crippen molar-refractivity contribution >= 4 is 21.8 Å². The molecule has 410 valence electrons. The van der Waals surface area contributed by atoms with Gasteiger partial charge in [-0.25, -0.2) is 4.98 Å². The van der Waals surface area contributed by atoms with Gasteiger partial charge in [-0.15, -0.1) is 28.7 Å². The van der Waals surface area contributed by atoms with Crippen molar-refractivity contribution in [3.05, 3.63) is 247 Å². The van der Waals surface area contributed by atoms with Crippen molar-refractivity contribution in [2.24, 2.45) is 0 Å². The number of ether oxygens (including phenoxy) is 1. The molecule has 0 aliphatic heterocycles. The van der Waals surface area contributed by atoms with Gasteiger partial charge < -0.3 is 9.30 Å². The summed E-state index contributed by atoms with van der Waals surface area (Å²) in [4.78, 5) is 10.6. The molecule has 4 heterocycles. The molecule has 0 bridgehead atoms. The Balaban J connectivity index is 0.00000705. The van der Waals surface area contributed by atoms with E-state index in [2.05, 4.69) is 281 Å². The molecule has 0 N–H and O–H groups in total. The normalized spacial score (nSPS) is 12.0. The molecule has 12 rings (SSSR count). The van der Waals surface area contributed by atoms with Crippen LogP contribution < -0.4 is 9.42 Å². The average molecular weight is 1250 g/mol. The molecule has 0 spiro atoms. The van der Waals surface area contributed by atoms with Crippen LogP contribution in [0.5, 0.6) is 11.5 Å². The van der Waals surface area contributed by atoms with E-state index in [0.717, 1.165) is 94.6 Å². The molecule has 0 saturated heterocycles. The van der Waals surface area contributed by atoms with E-state index in [1.54, 1.807) is 0 Å². The number of pyridine rings is 2. The van der Waals surface area contributed by atoms with Gasteiger partial charge in [-0.2, -0.15) is 16.8 Å². The van der Waals surface area contributed by atoms with E-state index in [-0.39, 0.29) is 37.3 Å². The van der Waals surface area contributed by atoms with E-state index in [0.29, 0.717) is 23.1 Å². The van der Waals surface area contributed by atoms with Gasteiger partial charge in [-0.3, -0.25) is 9.55 Å². The first kappa shape index (κ1) is 55.4. The fraction of sp³-hybridized carbons (Fsp3) is 0.189. The summed E-state index contributed by atoms with van der Waals surface area (Å²) in [5.41, 5.74) is 17.2. The maximum Gasteiger partial charge on any atom is 0.273 e. The molecule has 12 aromatic rings. The second-order valence-electron chi connectivity index (χ2n) is 24.4. The summed E-state index contributed by atoms with van der Waals surface area (Å²) in [6, 6.07) is 75.9. The van der Waals surface area contributed by atoms with Gasteiger partial charge in [0.2, 0.25) is 0 Å². The summed E-state index contributed by atoms with van der Waals surface area (Å²) in [5.74, 6) is 2.88. The van der Waals surface area contributed by atoms with Crippen LogP contribution in [0.4, 0.5) is 0 Å². The molecule has 0 unspecified atom stereocenters. The Hall–Kier alpha value is -8.51. The van der Waals surface area contributed by atoms with E-state index in [1.807, 2.05) is 27.6 Å². The van der Waals surface area contributed by atoms with Crippen LogP contribution in [-0.2, 0) is 37.3 Å². The summed E-state index contributed by atoms with van der Waals surface area (Å²) in [6.45, 7) is 24.5. The summed E-state index contributed by atoms with van der Waals surface area (Å²) in [6.07, 6.45) is 5.69. The predicted octanol–water partition coefficient (Wildman–Crippen LogP) is 18.1. The van der Waals surface area contributed by atoms with Crippen molar-refractivity contribution < 1.29 is 30.5 Å². The van der Waals surface area contributed by atoms with Gasteiger partial charge in [0.05, 0.1) is 11.5 Å². The third-order valence-corrected chi connectivity index (χ3v) is 15.4. The maximum atomic E-state index is 7.14. The van der Waals surface area contributed by atoms with Crippen molar-refractivity contribution in [3.8, 4) is 84.8 Å². The molecule has 8 aromatic carbocycles. The minimum absolute atomic E-state index is 0. The molecule has 0 saturated carbocycles. The Kier molecular flexibility index (Phi) is 14.7. The predicted molar refractivity (Wildman–Crippen MR) is 331 cm³/mol. The molecular formula is C74H66N6OPt-2. The largest absolute Gasteiger partial charge is 0.522 e. The van der Waals surface area contributed by atoms with Crippen LogP contribution in [0.1, 0.15) is 90.1 Å². The first-order chi connectivity index (χ1) is 38.9. The summed E-state index contributed by atoms with van der Waals surface area (Å²) in [7, 11) is 0. The Morgan fingerprint density at radius 2 is 1.07 bits per heavy atom. The van der Waals surface area contributed by atoms with Crippen molar-refractivity contribution in [3.63, 3.8) is 0 Å². The Bertz CT molecular complexity index is 4220. The zero-order valence-corrected chi connectivity index (χ0v) is 50.7. The quantitative estimate of drug-likeness (QED) is 0.101. The van der Waals surface area contributed by atoms with Crippen LogP contribution in [0.25, 0.3) is 95.2 Å². The van der Waals surface area contributed by atoms with Crippen LogP contribution >= 0.6 is 0 Å².